The molecule has 0 amide bonds. The third-order valence-electron chi connectivity index (χ3n) is 9.02. The van der Waals surface area contributed by atoms with Crippen LogP contribution in [0.15, 0.2) is 24.3 Å². The normalized spacial score (nSPS) is 14.1. The van der Waals surface area contributed by atoms with Crippen molar-refractivity contribution in [3.05, 3.63) is 24.3 Å². The SMILES string of the molecule is CCCCCC/C=C\C/C=C\CCCCCCCC(=O)OC(COCCCCCCCCCCCCCCC)COP(=O)(O)OCC[N+](C)(C)C. The first-order valence-electron chi connectivity index (χ1n) is 21.1. The summed E-state index contributed by atoms with van der Waals surface area (Å²) in [6.07, 6.45) is 39.1. The van der Waals surface area contributed by atoms with E-state index in [2.05, 4.69) is 38.2 Å². The first-order valence-corrected chi connectivity index (χ1v) is 22.6. The highest BCUT2D eigenvalue weighted by molar-refractivity contribution is 7.47. The van der Waals surface area contributed by atoms with Gasteiger partial charge in [-0.15, -0.1) is 0 Å². The third kappa shape index (κ3) is 40.0. The second kappa shape index (κ2) is 36.0. The highest BCUT2D eigenvalue weighted by Gasteiger charge is 2.26. The number of hydrogen-bond acceptors (Lipinski definition) is 6. The number of rotatable bonds is 39. The third-order valence-corrected chi connectivity index (χ3v) is 10.00. The number of esters is 1. The highest BCUT2D eigenvalue weighted by atomic mass is 31.2. The Hall–Kier alpha value is -1.02. The van der Waals surface area contributed by atoms with Crippen molar-refractivity contribution in [1.82, 2.24) is 0 Å². The molecular formula is C42H83NO7P+. The Morgan fingerprint density at radius 2 is 1.08 bits per heavy atom. The molecular weight excluding hydrogens is 661 g/mol. The summed E-state index contributed by atoms with van der Waals surface area (Å²) in [5.41, 5.74) is 0. The lowest BCUT2D eigenvalue weighted by atomic mass is 10.0. The first-order chi connectivity index (χ1) is 24.6. The molecule has 0 saturated carbocycles. The number of allylic oxidation sites excluding steroid dienone is 4. The minimum Gasteiger partial charge on any atom is -0.457 e. The average Bonchev–Trinajstić information content (AvgIpc) is 3.08. The number of phosphoric acid groups is 1. The predicted octanol–water partition coefficient (Wildman–Crippen LogP) is 12.0. The number of ether oxygens (including phenoxy) is 2. The van der Waals surface area contributed by atoms with Crippen molar-refractivity contribution in [1.29, 1.82) is 0 Å². The topological polar surface area (TPSA) is 91.3 Å². The fourth-order valence-corrected chi connectivity index (χ4v) is 6.44. The molecule has 2 unspecified atom stereocenters. The number of quaternary nitrogens is 1. The van der Waals surface area contributed by atoms with Gasteiger partial charge in [-0.05, 0) is 44.9 Å². The fourth-order valence-electron chi connectivity index (χ4n) is 5.70. The van der Waals surface area contributed by atoms with E-state index in [1.807, 2.05) is 21.1 Å². The monoisotopic (exact) mass is 745 g/mol. The minimum atomic E-state index is -4.27. The number of carbonyl (C=O) groups is 1. The van der Waals surface area contributed by atoms with Crippen LogP contribution >= 0.6 is 7.82 Å². The van der Waals surface area contributed by atoms with Crippen LogP contribution in [0.4, 0.5) is 0 Å². The van der Waals surface area contributed by atoms with Crippen LogP contribution in [0.2, 0.25) is 0 Å². The summed E-state index contributed by atoms with van der Waals surface area (Å²) in [5, 5.41) is 0. The quantitative estimate of drug-likeness (QED) is 0.0220. The number of carbonyl (C=O) groups excluding carboxylic acids is 1. The molecule has 0 bridgehead atoms. The Morgan fingerprint density at radius 3 is 1.61 bits per heavy atom. The van der Waals surface area contributed by atoms with Crippen LogP contribution in [-0.2, 0) is 27.9 Å². The summed E-state index contributed by atoms with van der Waals surface area (Å²) >= 11 is 0. The Labute approximate surface area is 315 Å². The van der Waals surface area contributed by atoms with Crippen LogP contribution in [0.25, 0.3) is 0 Å². The second-order valence-electron chi connectivity index (χ2n) is 15.4. The number of unbranched alkanes of at least 4 members (excludes halogenated alkanes) is 21. The predicted molar refractivity (Wildman–Crippen MR) is 215 cm³/mol. The molecule has 8 nitrogen and oxygen atoms in total. The summed E-state index contributed by atoms with van der Waals surface area (Å²) in [5.74, 6) is -0.326. The van der Waals surface area contributed by atoms with Crippen molar-refractivity contribution in [2.45, 2.75) is 187 Å². The van der Waals surface area contributed by atoms with Gasteiger partial charge in [0.1, 0.15) is 19.3 Å². The van der Waals surface area contributed by atoms with E-state index in [4.69, 9.17) is 18.5 Å². The lowest BCUT2D eigenvalue weighted by Crippen LogP contribution is -2.37. The molecule has 1 N–H and O–H groups in total. The molecule has 0 radical (unpaired) electrons. The van der Waals surface area contributed by atoms with E-state index in [0.29, 0.717) is 24.1 Å². The van der Waals surface area contributed by atoms with E-state index < -0.39 is 13.9 Å². The van der Waals surface area contributed by atoms with Gasteiger partial charge in [-0.2, -0.15) is 0 Å². The van der Waals surface area contributed by atoms with Crippen molar-refractivity contribution in [3.63, 3.8) is 0 Å². The molecule has 0 aromatic heterocycles. The summed E-state index contributed by atoms with van der Waals surface area (Å²) in [6, 6.07) is 0. The number of hydrogen-bond donors (Lipinski definition) is 1. The van der Waals surface area contributed by atoms with E-state index in [9.17, 15) is 14.3 Å². The number of likely N-dealkylation sites (N-methyl/N-ethyl adjacent to an activating group) is 1. The van der Waals surface area contributed by atoms with Gasteiger partial charge in [0.2, 0.25) is 0 Å². The summed E-state index contributed by atoms with van der Waals surface area (Å²) < 4.78 is 34.9. The summed E-state index contributed by atoms with van der Waals surface area (Å²) in [4.78, 5) is 22.8. The molecule has 0 aliphatic heterocycles. The van der Waals surface area contributed by atoms with Gasteiger partial charge in [0.15, 0.2) is 0 Å². The van der Waals surface area contributed by atoms with Crippen molar-refractivity contribution in [2.24, 2.45) is 0 Å². The summed E-state index contributed by atoms with van der Waals surface area (Å²) in [6.45, 7) is 5.60. The molecule has 0 fully saturated rings. The molecule has 0 aliphatic carbocycles. The number of phosphoric ester groups is 1. The van der Waals surface area contributed by atoms with Crippen LogP contribution in [0.3, 0.4) is 0 Å². The highest BCUT2D eigenvalue weighted by Crippen LogP contribution is 2.43. The van der Waals surface area contributed by atoms with Crippen molar-refractivity contribution < 1.29 is 37.3 Å². The van der Waals surface area contributed by atoms with Gasteiger partial charge >= 0.3 is 13.8 Å². The molecule has 0 spiro atoms. The van der Waals surface area contributed by atoms with E-state index in [1.54, 1.807) is 0 Å². The van der Waals surface area contributed by atoms with Gasteiger partial charge in [-0.3, -0.25) is 13.8 Å². The lowest BCUT2D eigenvalue weighted by molar-refractivity contribution is -0.870. The zero-order chi connectivity index (χ0) is 37.7. The second-order valence-corrected chi connectivity index (χ2v) is 16.8. The van der Waals surface area contributed by atoms with Gasteiger partial charge < -0.3 is 18.9 Å². The number of nitrogens with zero attached hydrogens (tertiary/aromatic N) is 1. The average molecular weight is 745 g/mol. The van der Waals surface area contributed by atoms with Gasteiger partial charge in [0, 0.05) is 13.0 Å². The smallest absolute Gasteiger partial charge is 0.457 e. The zero-order valence-corrected chi connectivity index (χ0v) is 35.0. The molecule has 0 rings (SSSR count). The van der Waals surface area contributed by atoms with Gasteiger partial charge in [0.05, 0.1) is 34.4 Å². The Bertz CT molecular complexity index is 874. The molecule has 0 aliphatic rings. The first kappa shape index (κ1) is 50.0. The van der Waals surface area contributed by atoms with Crippen LogP contribution in [0.5, 0.6) is 0 Å². The Morgan fingerprint density at radius 1 is 0.608 bits per heavy atom. The van der Waals surface area contributed by atoms with Gasteiger partial charge in [-0.1, -0.05) is 154 Å². The van der Waals surface area contributed by atoms with Crippen molar-refractivity contribution in [3.8, 4) is 0 Å². The maximum Gasteiger partial charge on any atom is 0.472 e. The van der Waals surface area contributed by atoms with E-state index >= 15 is 0 Å². The standard InChI is InChI=1S/C42H82NO7P/c1-6-8-10-12-14-16-18-20-21-22-23-25-27-29-31-33-35-42(44)50-41(40-49-51(45,46)48-38-36-43(3,4)5)39-47-37-34-32-30-28-26-24-19-17-15-13-11-9-7-2/h16,18,21-22,41H,6-15,17,19-20,23-40H2,1-5H3/p+1/b18-16-,22-21-. The van der Waals surface area contributed by atoms with Gasteiger partial charge in [-0.25, -0.2) is 4.57 Å². The maximum absolute atomic E-state index is 12.7. The van der Waals surface area contributed by atoms with Crippen LogP contribution in [-0.4, -0.2) is 75.6 Å². The van der Waals surface area contributed by atoms with Crippen LogP contribution < -0.4 is 0 Å². The molecule has 0 saturated heterocycles. The van der Waals surface area contributed by atoms with E-state index in [0.717, 1.165) is 57.8 Å². The molecule has 51 heavy (non-hydrogen) atoms. The maximum atomic E-state index is 12.7. The van der Waals surface area contributed by atoms with E-state index in [1.165, 1.54) is 103 Å². The molecule has 0 aromatic carbocycles. The largest absolute Gasteiger partial charge is 0.472 e. The van der Waals surface area contributed by atoms with Gasteiger partial charge in [0.25, 0.3) is 0 Å². The van der Waals surface area contributed by atoms with Crippen molar-refractivity contribution in [2.75, 3.05) is 54.1 Å². The summed E-state index contributed by atoms with van der Waals surface area (Å²) in [7, 11) is 1.66. The van der Waals surface area contributed by atoms with Crippen LogP contribution in [0, 0.1) is 0 Å². The lowest BCUT2D eigenvalue weighted by Gasteiger charge is -2.24. The fraction of sp³-hybridized carbons (Fsp3) is 0.881. The van der Waals surface area contributed by atoms with Crippen LogP contribution in [0.1, 0.15) is 181 Å². The minimum absolute atomic E-state index is 0.0875. The molecule has 2 atom stereocenters. The van der Waals surface area contributed by atoms with E-state index in [-0.39, 0.29) is 25.8 Å². The Balaban J connectivity index is 4.27. The Kier molecular flexibility index (Phi) is 35.3. The molecule has 0 aromatic rings. The molecule has 9 heteroatoms. The van der Waals surface area contributed by atoms with Crippen molar-refractivity contribution >= 4 is 13.8 Å². The molecule has 0 heterocycles. The molecule has 302 valence electrons. The zero-order valence-electron chi connectivity index (χ0n) is 34.1.